The van der Waals surface area contributed by atoms with E-state index in [2.05, 4.69) is 20.2 Å². The average Bonchev–Trinajstić information content (AvgIpc) is 3.22. The van der Waals surface area contributed by atoms with Gasteiger partial charge in [0.15, 0.2) is 5.65 Å². The van der Waals surface area contributed by atoms with E-state index in [-0.39, 0.29) is 0 Å². The quantitative estimate of drug-likeness (QED) is 0.296. The van der Waals surface area contributed by atoms with E-state index in [0.29, 0.717) is 33.5 Å². The van der Waals surface area contributed by atoms with Crippen LogP contribution in [-0.2, 0) is 13.1 Å². The minimum absolute atomic E-state index is 0.526. The van der Waals surface area contributed by atoms with Crippen molar-refractivity contribution in [1.29, 1.82) is 0 Å². The predicted octanol–water partition coefficient (Wildman–Crippen LogP) is 6.46. The Morgan fingerprint density at radius 3 is 2.59 bits per heavy atom. The number of halogens is 3. The lowest BCUT2D eigenvalue weighted by Crippen LogP contribution is -2.28. The number of aryl methyl sites for hydroxylation is 1. The Kier molecular flexibility index (Phi) is 7.21. The number of piperidine rings is 1. The van der Waals surface area contributed by atoms with Crippen LogP contribution in [-0.4, -0.2) is 32.6 Å². The van der Waals surface area contributed by atoms with Gasteiger partial charge in [-0.15, -0.1) is 0 Å². The van der Waals surface area contributed by atoms with E-state index < -0.39 is 0 Å². The molecule has 0 unspecified atom stereocenters. The molecule has 34 heavy (non-hydrogen) atoms. The maximum Gasteiger partial charge on any atom is 0.225 e. The number of imidazole rings is 1. The van der Waals surface area contributed by atoms with Gasteiger partial charge in [0.2, 0.25) is 5.95 Å². The molecule has 0 bridgehead atoms. The first-order valence-corrected chi connectivity index (χ1v) is 12.6. The molecule has 0 aliphatic carbocycles. The summed E-state index contributed by atoms with van der Waals surface area (Å²) in [5, 5.41) is 8.47. The van der Waals surface area contributed by atoms with Gasteiger partial charge >= 0.3 is 0 Å². The fourth-order valence-electron chi connectivity index (χ4n) is 4.38. The molecule has 3 heterocycles. The molecule has 5 rings (SSSR count). The lowest BCUT2D eigenvalue weighted by Gasteiger charge is -2.23. The van der Waals surface area contributed by atoms with E-state index in [1.165, 1.54) is 12.8 Å². The molecule has 9 heteroatoms. The van der Waals surface area contributed by atoms with E-state index >= 15 is 0 Å². The second-order valence-electron chi connectivity index (χ2n) is 8.55. The zero-order chi connectivity index (χ0) is 23.5. The molecule has 0 radical (unpaired) electrons. The average molecular weight is 516 g/mol. The number of hydrogen-bond donors (Lipinski definition) is 2. The van der Waals surface area contributed by atoms with Gasteiger partial charge in [-0.05, 0) is 68.1 Å². The monoisotopic (exact) mass is 514 g/mol. The van der Waals surface area contributed by atoms with E-state index in [0.717, 1.165) is 54.2 Å². The first-order chi connectivity index (χ1) is 16.6. The molecule has 0 amide bonds. The highest BCUT2D eigenvalue weighted by molar-refractivity contribution is 6.42. The molecule has 176 valence electrons. The molecule has 1 fully saturated rings. The molecule has 6 nitrogen and oxygen atoms in total. The normalized spacial score (nSPS) is 14.6. The van der Waals surface area contributed by atoms with Gasteiger partial charge < -0.3 is 15.2 Å². The summed E-state index contributed by atoms with van der Waals surface area (Å²) in [5.74, 6) is 2.05. The number of fused-ring (bicyclic) bond motifs is 1. The van der Waals surface area contributed by atoms with E-state index in [1.807, 2.05) is 36.4 Å². The zero-order valence-corrected chi connectivity index (χ0v) is 20.8. The van der Waals surface area contributed by atoms with Crippen LogP contribution in [0.15, 0.2) is 48.7 Å². The van der Waals surface area contributed by atoms with E-state index in [9.17, 15) is 0 Å². The second-order valence-corrected chi connectivity index (χ2v) is 9.78. The van der Waals surface area contributed by atoms with Crippen LogP contribution in [0.25, 0.3) is 22.6 Å². The summed E-state index contributed by atoms with van der Waals surface area (Å²) < 4.78 is 2.19. The molecule has 0 spiro atoms. The van der Waals surface area contributed by atoms with Crippen molar-refractivity contribution in [2.45, 2.75) is 32.4 Å². The summed E-state index contributed by atoms with van der Waals surface area (Å²) in [4.78, 5) is 14.2. The molecule has 0 atom stereocenters. The van der Waals surface area contributed by atoms with Gasteiger partial charge in [-0.3, -0.25) is 0 Å². The Hall–Kier alpha value is -2.38. The smallest absolute Gasteiger partial charge is 0.225 e. The summed E-state index contributed by atoms with van der Waals surface area (Å²) in [7, 11) is 0. The molecule has 0 saturated carbocycles. The van der Waals surface area contributed by atoms with Crippen molar-refractivity contribution in [1.82, 2.24) is 24.8 Å². The lowest BCUT2D eigenvalue weighted by atomic mass is 9.95. The first-order valence-electron chi connectivity index (χ1n) is 11.4. The fourth-order valence-corrected chi connectivity index (χ4v) is 4.92. The van der Waals surface area contributed by atoms with Crippen molar-refractivity contribution in [2.75, 3.05) is 18.4 Å². The van der Waals surface area contributed by atoms with Crippen molar-refractivity contribution in [2.24, 2.45) is 5.92 Å². The number of rotatable bonds is 7. The van der Waals surface area contributed by atoms with Gasteiger partial charge in [0, 0.05) is 18.7 Å². The molecule has 4 aromatic rings. The number of benzene rings is 2. The van der Waals surface area contributed by atoms with Gasteiger partial charge in [0.05, 0.1) is 21.3 Å². The predicted molar refractivity (Wildman–Crippen MR) is 140 cm³/mol. The first kappa shape index (κ1) is 23.4. The van der Waals surface area contributed by atoms with Gasteiger partial charge in [-0.2, -0.15) is 4.98 Å². The Morgan fingerprint density at radius 1 is 0.971 bits per heavy atom. The van der Waals surface area contributed by atoms with Crippen LogP contribution in [0.5, 0.6) is 0 Å². The SMILES string of the molecule is Clc1ccc(CNc2ncc3nc(-c4ccccc4Cl)n(CCC4CCNCC4)c3n2)cc1Cl. The summed E-state index contributed by atoms with van der Waals surface area (Å²) in [6, 6.07) is 13.4. The van der Waals surface area contributed by atoms with Crippen LogP contribution in [0.4, 0.5) is 5.95 Å². The fraction of sp³-hybridized carbons (Fsp3) is 0.320. The van der Waals surface area contributed by atoms with Crippen molar-refractivity contribution in [3.8, 4) is 11.4 Å². The van der Waals surface area contributed by atoms with Gasteiger partial charge in [-0.25, -0.2) is 9.97 Å². The largest absolute Gasteiger partial charge is 0.350 e. The number of nitrogens with one attached hydrogen (secondary N) is 2. The summed E-state index contributed by atoms with van der Waals surface area (Å²) in [6.45, 7) is 3.52. The Labute approximate surface area is 213 Å². The standard InChI is InChI=1S/C25H25Cl3N6/c26-19-4-2-1-3-18(19)23-32-22-15-31-25(30-14-17-5-6-20(27)21(28)13-17)33-24(22)34(23)12-9-16-7-10-29-11-8-16/h1-6,13,15-16,29H,7-12,14H2,(H,30,31,33). The maximum absolute atomic E-state index is 6.55. The highest BCUT2D eigenvalue weighted by Gasteiger charge is 2.19. The molecule has 2 aromatic carbocycles. The molecule has 1 aliphatic rings. The van der Waals surface area contributed by atoms with Crippen molar-refractivity contribution in [3.63, 3.8) is 0 Å². The van der Waals surface area contributed by atoms with Gasteiger partial charge in [0.1, 0.15) is 11.3 Å². The third-order valence-electron chi connectivity index (χ3n) is 6.26. The van der Waals surface area contributed by atoms with Crippen LogP contribution < -0.4 is 10.6 Å². The molecular weight excluding hydrogens is 491 g/mol. The summed E-state index contributed by atoms with van der Waals surface area (Å²) in [5.41, 5.74) is 3.45. The van der Waals surface area contributed by atoms with Gasteiger partial charge in [-0.1, -0.05) is 53.0 Å². The number of anilines is 1. The van der Waals surface area contributed by atoms with Crippen LogP contribution in [0.2, 0.25) is 15.1 Å². The second kappa shape index (κ2) is 10.5. The Bertz CT molecular complexity index is 1300. The lowest BCUT2D eigenvalue weighted by molar-refractivity contribution is 0.339. The third kappa shape index (κ3) is 5.15. The Balaban J connectivity index is 1.46. The number of aromatic nitrogens is 4. The number of nitrogens with zero attached hydrogens (tertiary/aromatic N) is 4. The van der Waals surface area contributed by atoms with Crippen LogP contribution in [0.3, 0.4) is 0 Å². The molecule has 2 N–H and O–H groups in total. The number of hydrogen-bond acceptors (Lipinski definition) is 5. The van der Waals surface area contributed by atoms with E-state index in [1.54, 1.807) is 12.3 Å². The van der Waals surface area contributed by atoms with Crippen LogP contribution in [0.1, 0.15) is 24.8 Å². The van der Waals surface area contributed by atoms with Crippen molar-refractivity contribution in [3.05, 3.63) is 69.3 Å². The van der Waals surface area contributed by atoms with Crippen molar-refractivity contribution >= 4 is 51.9 Å². The third-order valence-corrected chi connectivity index (χ3v) is 7.33. The minimum Gasteiger partial charge on any atom is -0.350 e. The zero-order valence-electron chi connectivity index (χ0n) is 18.6. The molecule has 2 aromatic heterocycles. The van der Waals surface area contributed by atoms with E-state index in [4.69, 9.17) is 44.8 Å². The highest BCUT2D eigenvalue weighted by atomic mass is 35.5. The Morgan fingerprint density at radius 2 is 1.79 bits per heavy atom. The minimum atomic E-state index is 0.526. The molecule has 1 aliphatic heterocycles. The van der Waals surface area contributed by atoms with Crippen LogP contribution >= 0.6 is 34.8 Å². The maximum atomic E-state index is 6.55. The van der Waals surface area contributed by atoms with Gasteiger partial charge in [0.25, 0.3) is 0 Å². The highest BCUT2D eigenvalue weighted by Crippen LogP contribution is 2.31. The summed E-state index contributed by atoms with van der Waals surface area (Å²) in [6.07, 6.45) is 5.22. The summed E-state index contributed by atoms with van der Waals surface area (Å²) >= 11 is 18.7. The topological polar surface area (TPSA) is 67.7 Å². The van der Waals surface area contributed by atoms with Crippen LogP contribution in [0, 0.1) is 5.92 Å². The molecular formula is C25H25Cl3N6. The molecule has 1 saturated heterocycles. The van der Waals surface area contributed by atoms with Crippen molar-refractivity contribution < 1.29 is 0 Å².